The van der Waals surface area contributed by atoms with Crippen molar-refractivity contribution in [1.82, 2.24) is 5.32 Å². The summed E-state index contributed by atoms with van der Waals surface area (Å²) in [6, 6.07) is 0.845. The maximum absolute atomic E-state index is 3.66. The number of hydrogen-bond acceptors (Lipinski definition) is 1. The molecule has 1 saturated carbocycles. The molecule has 0 bridgehead atoms. The van der Waals surface area contributed by atoms with Gasteiger partial charge in [-0.2, -0.15) is 0 Å². The van der Waals surface area contributed by atoms with E-state index in [0.29, 0.717) is 0 Å². The van der Waals surface area contributed by atoms with Gasteiger partial charge in [-0.1, -0.05) is 53.4 Å². The van der Waals surface area contributed by atoms with Gasteiger partial charge in [0, 0.05) is 6.04 Å². The van der Waals surface area contributed by atoms with Crippen molar-refractivity contribution in [2.75, 3.05) is 6.54 Å². The number of hydrogen-bond donors (Lipinski definition) is 1. The van der Waals surface area contributed by atoms with Crippen LogP contribution in [-0.2, 0) is 0 Å². The van der Waals surface area contributed by atoms with Crippen molar-refractivity contribution in [3.05, 3.63) is 0 Å². The Balaban J connectivity index is 1.88. The Labute approximate surface area is 102 Å². The Morgan fingerprint density at radius 2 is 1.69 bits per heavy atom. The Kier molecular flexibility index (Phi) is 6.41. The highest BCUT2D eigenvalue weighted by molar-refractivity contribution is 4.84. The molecule has 1 heteroatoms. The quantitative estimate of drug-likeness (QED) is 0.610. The molecular weight excluding hydrogens is 194 g/mol. The van der Waals surface area contributed by atoms with Gasteiger partial charge < -0.3 is 5.32 Å². The summed E-state index contributed by atoms with van der Waals surface area (Å²) in [5, 5.41) is 3.66. The van der Waals surface area contributed by atoms with Crippen molar-refractivity contribution in [3.63, 3.8) is 0 Å². The highest BCUT2D eigenvalue weighted by atomic mass is 14.9. The van der Waals surface area contributed by atoms with Crippen molar-refractivity contribution < 1.29 is 0 Å². The number of unbranched alkanes of at least 4 members (excludes halogenated alkanes) is 1. The fourth-order valence-electron chi connectivity index (χ4n) is 2.53. The van der Waals surface area contributed by atoms with Crippen LogP contribution in [0.5, 0.6) is 0 Å². The van der Waals surface area contributed by atoms with Crippen LogP contribution >= 0.6 is 0 Å². The molecule has 0 heterocycles. The van der Waals surface area contributed by atoms with Crippen LogP contribution in [0.15, 0.2) is 0 Å². The third-order valence-corrected chi connectivity index (χ3v) is 3.69. The lowest BCUT2D eigenvalue weighted by Gasteiger charge is -2.36. The van der Waals surface area contributed by atoms with E-state index >= 15 is 0 Å². The highest BCUT2D eigenvalue weighted by Crippen LogP contribution is 2.32. The summed E-state index contributed by atoms with van der Waals surface area (Å²) in [7, 11) is 0. The van der Waals surface area contributed by atoms with Gasteiger partial charge in [-0.25, -0.2) is 0 Å². The Morgan fingerprint density at radius 3 is 2.25 bits per heavy atom. The van der Waals surface area contributed by atoms with Gasteiger partial charge in [-0.15, -0.1) is 0 Å². The molecule has 16 heavy (non-hydrogen) atoms. The van der Waals surface area contributed by atoms with Crippen molar-refractivity contribution in [2.45, 2.75) is 72.3 Å². The molecule has 1 aliphatic carbocycles. The fraction of sp³-hybridized carbons (Fsp3) is 1.00. The zero-order valence-corrected chi connectivity index (χ0v) is 11.8. The average Bonchev–Trinajstić information content (AvgIpc) is 2.12. The van der Waals surface area contributed by atoms with E-state index in [1.54, 1.807) is 0 Å². The lowest BCUT2D eigenvalue weighted by molar-refractivity contribution is 0.200. The minimum absolute atomic E-state index is 0.796. The Bertz CT molecular complexity index is 166. The predicted octanol–water partition coefficient (Wildman–Crippen LogP) is 4.23. The zero-order valence-electron chi connectivity index (χ0n) is 11.8. The molecule has 0 unspecified atom stereocenters. The smallest absolute Gasteiger partial charge is 0.00724 e. The summed E-state index contributed by atoms with van der Waals surface area (Å²) in [4.78, 5) is 0. The molecule has 0 aromatic heterocycles. The van der Waals surface area contributed by atoms with E-state index in [2.05, 4.69) is 33.0 Å². The molecule has 1 fully saturated rings. The molecule has 0 atom stereocenters. The largest absolute Gasteiger partial charge is 0.314 e. The van der Waals surface area contributed by atoms with Crippen LogP contribution in [0.2, 0.25) is 0 Å². The third-order valence-electron chi connectivity index (χ3n) is 3.69. The van der Waals surface area contributed by atoms with Gasteiger partial charge >= 0.3 is 0 Å². The van der Waals surface area contributed by atoms with Crippen LogP contribution in [0.4, 0.5) is 0 Å². The van der Waals surface area contributed by atoms with Crippen LogP contribution in [0, 0.1) is 17.8 Å². The highest BCUT2D eigenvalue weighted by Gasteiger charge is 2.27. The lowest BCUT2D eigenvalue weighted by Crippen LogP contribution is -2.42. The molecule has 0 amide bonds. The first-order chi connectivity index (χ1) is 7.58. The van der Waals surface area contributed by atoms with Gasteiger partial charge in [0.15, 0.2) is 0 Å². The van der Waals surface area contributed by atoms with Crippen molar-refractivity contribution >= 4 is 0 Å². The van der Waals surface area contributed by atoms with E-state index in [9.17, 15) is 0 Å². The Morgan fingerprint density at radius 1 is 1.00 bits per heavy atom. The molecule has 0 aliphatic heterocycles. The monoisotopic (exact) mass is 225 g/mol. The van der Waals surface area contributed by atoms with Gasteiger partial charge in [0.1, 0.15) is 0 Å². The van der Waals surface area contributed by atoms with Gasteiger partial charge in [0.05, 0.1) is 0 Å². The van der Waals surface area contributed by atoms with Gasteiger partial charge in [-0.3, -0.25) is 0 Å². The molecular formula is C15H31N. The molecule has 1 aliphatic rings. The van der Waals surface area contributed by atoms with Crippen LogP contribution in [0.1, 0.15) is 66.2 Å². The third kappa shape index (κ3) is 5.89. The van der Waals surface area contributed by atoms with Crippen LogP contribution in [0.3, 0.4) is 0 Å². The topological polar surface area (TPSA) is 12.0 Å². The molecule has 1 rings (SSSR count). The summed E-state index contributed by atoms with van der Waals surface area (Å²) in [5.41, 5.74) is 0. The van der Waals surface area contributed by atoms with Gasteiger partial charge in [0.2, 0.25) is 0 Å². The number of rotatable bonds is 8. The number of nitrogens with one attached hydrogen (secondary N) is 1. The van der Waals surface area contributed by atoms with Crippen LogP contribution < -0.4 is 5.32 Å². The summed E-state index contributed by atoms with van der Waals surface area (Å²) in [6.45, 7) is 10.4. The molecule has 0 aromatic rings. The summed E-state index contributed by atoms with van der Waals surface area (Å²) in [6.07, 6.45) is 8.68. The first-order valence-corrected chi connectivity index (χ1v) is 7.31. The lowest BCUT2D eigenvalue weighted by atomic mass is 9.77. The summed E-state index contributed by atoms with van der Waals surface area (Å²) < 4.78 is 0. The second-order valence-electron chi connectivity index (χ2n) is 6.51. The second kappa shape index (κ2) is 7.32. The van der Waals surface area contributed by atoms with Crippen molar-refractivity contribution in [3.8, 4) is 0 Å². The first kappa shape index (κ1) is 14.0. The van der Waals surface area contributed by atoms with E-state index in [0.717, 1.165) is 23.8 Å². The molecule has 1 N–H and O–H groups in total. The van der Waals surface area contributed by atoms with Gasteiger partial charge in [-0.05, 0) is 37.1 Å². The predicted molar refractivity (Wildman–Crippen MR) is 72.7 cm³/mol. The van der Waals surface area contributed by atoms with E-state index in [-0.39, 0.29) is 0 Å². The SMILES string of the molecule is CC(C)CCCCC1CC(NCC(C)C)C1. The van der Waals surface area contributed by atoms with Crippen molar-refractivity contribution in [1.29, 1.82) is 0 Å². The maximum Gasteiger partial charge on any atom is 0.00724 e. The van der Waals surface area contributed by atoms with E-state index in [4.69, 9.17) is 0 Å². The minimum atomic E-state index is 0.796. The molecule has 0 aromatic carbocycles. The van der Waals surface area contributed by atoms with E-state index in [1.807, 2.05) is 0 Å². The molecule has 1 nitrogen and oxygen atoms in total. The maximum atomic E-state index is 3.66. The van der Waals surface area contributed by atoms with E-state index in [1.165, 1.54) is 45.1 Å². The average molecular weight is 225 g/mol. The van der Waals surface area contributed by atoms with Crippen LogP contribution in [-0.4, -0.2) is 12.6 Å². The van der Waals surface area contributed by atoms with Crippen molar-refractivity contribution in [2.24, 2.45) is 17.8 Å². The van der Waals surface area contributed by atoms with Gasteiger partial charge in [0.25, 0.3) is 0 Å². The molecule has 0 saturated heterocycles. The minimum Gasteiger partial charge on any atom is -0.314 e. The normalized spacial score (nSPS) is 25.1. The van der Waals surface area contributed by atoms with E-state index < -0.39 is 0 Å². The Hall–Kier alpha value is -0.0400. The summed E-state index contributed by atoms with van der Waals surface area (Å²) >= 11 is 0. The molecule has 0 radical (unpaired) electrons. The zero-order chi connectivity index (χ0) is 12.0. The summed E-state index contributed by atoms with van der Waals surface area (Å²) in [5.74, 6) is 2.73. The first-order valence-electron chi connectivity index (χ1n) is 7.31. The van der Waals surface area contributed by atoms with Crippen LogP contribution in [0.25, 0.3) is 0 Å². The second-order valence-corrected chi connectivity index (χ2v) is 6.51. The fourth-order valence-corrected chi connectivity index (χ4v) is 2.53. The molecule has 96 valence electrons. The standard InChI is InChI=1S/C15H31N/c1-12(2)7-5-6-8-14-9-15(10-14)16-11-13(3)4/h12-16H,5-11H2,1-4H3. The molecule has 0 spiro atoms.